The molecule has 2 fully saturated rings. The second-order valence-electron chi connectivity index (χ2n) is 9.17. The predicted molar refractivity (Wildman–Crippen MR) is 134 cm³/mol. The van der Waals surface area contributed by atoms with E-state index in [1.54, 1.807) is 17.0 Å². The molecule has 0 bridgehead atoms. The van der Waals surface area contributed by atoms with E-state index in [2.05, 4.69) is 22.3 Å². The molecule has 1 N–H and O–H groups in total. The SMILES string of the molecule is CCc1ccc(S(=O)(=O)N(CC(=O)N2CCNCC2)C2CCN(Cc3ccccc3)CC2)cc1. The van der Waals surface area contributed by atoms with Crippen molar-refractivity contribution in [1.82, 2.24) is 19.4 Å². The van der Waals surface area contributed by atoms with Gasteiger partial charge in [0.15, 0.2) is 0 Å². The molecule has 0 aliphatic carbocycles. The zero-order valence-corrected chi connectivity index (χ0v) is 20.8. The molecule has 0 aromatic heterocycles. The number of carbonyl (C=O) groups excluding carboxylic acids is 1. The maximum Gasteiger partial charge on any atom is 0.243 e. The van der Waals surface area contributed by atoms with Crippen molar-refractivity contribution in [3.05, 3.63) is 65.7 Å². The number of rotatable bonds is 8. The molecule has 2 aliphatic rings. The van der Waals surface area contributed by atoms with E-state index in [0.29, 0.717) is 25.9 Å². The Bertz CT molecular complexity index is 1030. The molecular formula is C26H36N4O3S. The maximum absolute atomic E-state index is 13.8. The van der Waals surface area contributed by atoms with Crippen molar-refractivity contribution in [3.63, 3.8) is 0 Å². The van der Waals surface area contributed by atoms with Gasteiger partial charge in [-0.05, 0) is 42.5 Å². The summed E-state index contributed by atoms with van der Waals surface area (Å²) >= 11 is 0. The first-order chi connectivity index (χ1) is 16.5. The van der Waals surface area contributed by atoms with Gasteiger partial charge in [-0.2, -0.15) is 4.31 Å². The topological polar surface area (TPSA) is 73.0 Å². The number of benzene rings is 2. The van der Waals surface area contributed by atoms with E-state index < -0.39 is 10.0 Å². The molecule has 0 unspecified atom stereocenters. The molecule has 7 nitrogen and oxygen atoms in total. The van der Waals surface area contributed by atoms with Gasteiger partial charge in [0.25, 0.3) is 0 Å². The summed E-state index contributed by atoms with van der Waals surface area (Å²) in [6.07, 6.45) is 2.29. The third kappa shape index (κ3) is 6.05. The average molecular weight is 485 g/mol. The average Bonchev–Trinajstić information content (AvgIpc) is 2.89. The molecule has 184 valence electrons. The Morgan fingerprint density at radius 2 is 1.59 bits per heavy atom. The van der Waals surface area contributed by atoms with Crippen LogP contribution in [-0.4, -0.2) is 80.3 Å². The van der Waals surface area contributed by atoms with Crippen LogP contribution < -0.4 is 5.32 Å². The highest BCUT2D eigenvalue weighted by Crippen LogP contribution is 2.26. The zero-order chi connectivity index (χ0) is 24.0. The van der Waals surface area contributed by atoms with Crippen LogP contribution in [0.25, 0.3) is 0 Å². The molecule has 2 heterocycles. The molecule has 2 saturated heterocycles. The predicted octanol–water partition coefficient (Wildman–Crippen LogP) is 2.34. The first-order valence-corrected chi connectivity index (χ1v) is 13.8. The lowest BCUT2D eigenvalue weighted by atomic mass is 10.0. The smallest absolute Gasteiger partial charge is 0.243 e. The van der Waals surface area contributed by atoms with E-state index in [1.165, 1.54) is 9.87 Å². The molecular weight excluding hydrogens is 448 g/mol. The first kappa shape index (κ1) is 24.9. The van der Waals surface area contributed by atoms with Gasteiger partial charge in [-0.15, -0.1) is 0 Å². The quantitative estimate of drug-likeness (QED) is 0.623. The fourth-order valence-electron chi connectivity index (χ4n) is 4.80. The van der Waals surface area contributed by atoms with Crippen LogP contribution in [0.4, 0.5) is 0 Å². The second kappa shape index (κ2) is 11.4. The van der Waals surface area contributed by atoms with Gasteiger partial charge in [-0.1, -0.05) is 49.4 Å². The van der Waals surface area contributed by atoms with Gasteiger partial charge < -0.3 is 10.2 Å². The third-order valence-corrected chi connectivity index (χ3v) is 8.82. The number of amides is 1. The summed E-state index contributed by atoms with van der Waals surface area (Å²) in [5, 5.41) is 3.25. The fourth-order valence-corrected chi connectivity index (χ4v) is 6.43. The molecule has 0 radical (unpaired) electrons. The Kier molecular flexibility index (Phi) is 8.37. The normalized spacial score (nSPS) is 18.4. The molecule has 2 aromatic rings. The van der Waals surface area contributed by atoms with E-state index in [4.69, 9.17) is 0 Å². The van der Waals surface area contributed by atoms with Gasteiger partial charge in [0, 0.05) is 51.9 Å². The van der Waals surface area contributed by atoms with Crippen LogP contribution in [-0.2, 0) is 27.8 Å². The first-order valence-electron chi connectivity index (χ1n) is 12.3. The number of sulfonamides is 1. The highest BCUT2D eigenvalue weighted by atomic mass is 32.2. The Balaban J connectivity index is 1.50. The highest BCUT2D eigenvalue weighted by molar-refractivity contribution is 7.89. The van der Waals surface area contributed by atoms with Crippen molar-refractivity contribution < 1.29 is 13.2 Å². The second-order valence-corrected chi connectivity index (χ2v) is 11.1. The number of likely N-dealkylation sites (tertiary alicyclic amines) is 1. The summed E-state index contributed by atoms with van der Waals surface area (Å²) in [6.45, 7) is 7.15. The Morgan fingerprint density at radius 3 is 2.21 bits per heavy atom. The lowest BCUT2D eigenvalue weighted by Gasteiger charge is -2.38. The molecule has 1 amide bonds. The van der Waals surface area contributed by atoms with Crippen LogP contribution in [0.5, 0.6) is 0 Å². The van der Waals surface area contributed by atoms with Crippen molar-refractivity contribution >= 4 is 15.9 Å². The van der Waals surface area contributed by atoms with Gasteiger partial charge >= 0.3 is 0 Å². The number of hydrogen-bond donors (Lipinski definition) is 1. The lowest BCUT2D eigenvalue weighted by molar-refractivity contribution is -0.132. The third-order valence-electron chi connectivity index (χ3n) is 6.91. The summed E-state index contributed by atoms with van der Waals surface area (Å²) in [7, 11) is -3.78. The minimum Gasteiger partial charge on any atom is -0.339 e. The Hall–Kier alpha value is -2.26. The molecule has 2 aromatic carbocycles. The summed E-state index contributed by atoms with van der Waals surface area (Å²) < 4.78 is 29.0. The number of nitrogens with one attached hydrogen (secondary N) is 1. The van der Waals surface area contributed by atoms with E-state index in [0.717, 1.165) is 44.7 Å². The van der Waals surface area contributed by atoms with E-state index >= 15 is 0 Å². The largest absolute Gasteiger partial charge is 0.339 e. The molecule has 0 atom stereocenters. The highest BCUT2D eigenvalue weighted by Gasteiger charge is 2.36. The summed E-state index contributed by atoms with van der Waals surface area (Å²) in [5.74, 6) is -0.109. The van der Waals surface area contributed by atoms with Crippen LogP contribution in [0.3, 0.4) is 0 Å². The van der Waals surface area contributed by atoms with Crippen molar-refractivity contribution in [1.29, 1.82) is 0 Å². The number of hydrogen-bond acceptors (Lipinski definition) is 5. The molecule has 34 heavy (non-hydrogen) atoms. The number of carbonyl (C=O) groups is 1. The number of piperazine rings is 1. The molecule has 0 saturated carbocycles. The summed E-state index contributed by atoms with van der Waals surface area (Å²) in [5.41, 5.74) is 2.35. The number of aryl methyl sites for hydroxylation is 1. The lowest BCUT2D eigenvalue weighted by Crippen LogP contribution is -2.53. The van der Waals surface area contributed by atoms with Gasteiger partial charge in [0.05, 0.1) is 11.4 Å². The minimum absolute atomic E-state index is 0.0960. The number of nitrogens with zero attached hydrogens (tertiary/aromatic N) is 3. The van der Waals surface area contributed by atoms with Gasteiger partial charge in [-0.25, -0.2) is 8.42 Å². The van der Waals surface area contributed by atoms with Crippen molar-refractivity contribution in [2.45, 2.75) is 43.7 Å². The van der Waals surface area contributed by atoms with E-state index in [1.807, 2.05) is 37.3 Å². The van der Waals surface area contributed by atoms with Crippen molar-refractivity contribution in [2.75, 3.05) is 45.8 Å². The summed E-state index contributed by atoms with van der Waals surface area (Å²) in [6, 6.07) is 17.3. The molecule has 8 heteroatoms. The maximum atomic E-state index is 13.8. The minimum atomic E-state index is -3.78. The van der Waals surface area contributed by atoms with Crippen molar-refractivity contribution in [2.24, 2.45) is 0 Å². The van der Waals surface area contributed by atoms with Crippen LogP contribution in [0.1, 0.15) is 30.9 Å². The number of piperidine rings is 1. The monoisotopic (exact) mass is 484 g/mol. The molecule has 4 rings (SSSR count). The van der Waals surface area contributed by atoms with Gasteiger partial charge in [0.1, 0.15) is 0 Å². The zero-order valence-electron chi connectivity index (χ0n) is 20.0. The fraction of sp³-hybridized carbons (Fsp3) is 0.500. The standard InChI is InChI=1S/C26H36N4O3S/c1-2-22-8-10-25(11-9-22)34(32,33)30(21-26(31)29-18-14-27-15-19-29)24-12-16-28(17-13-24)20-23-6-4-3-5-7-23/h3-11,24,27H,2,12-21H2,1H3. The Morgan fingerprint density at radius 1 is 0.941 bits per heavy atom. The van der Waals surface area contributed by atoms with Crippen molar-refractivity contribution in [3.8, 4) is 0 Å². The van der Waals surface area contributed by atoms with E-state index in [9.17, 15) is 13.2 Å². The Labute approximate surface area is 203 Å². The molecule has 2 aliphatic heterocycles. The van der Waals surface area contributed by atoms with Crippen LogP contribution in [0.2, 0.25) is 0 Å². The van der Waals surface area contributed by atoms with Gasteiger partial charge in [-0.3, -0.25) is 9.69 Å². The summed E-state index contributed by atoms with van der Waals surface area (Å²) in [4.78, 5) is 17.5. The molecule has 0 spiro atoms. The van der Waals surface area contributed by atoms with Gasteiger partial charge in [0.2, 0.25) is 15.9 Å². The van der Waals surface area contributed by atoms with Crippen LogP contribution >= 0.6 is 0 Å². The van der Waals surface area contributed by atoms with Crippen LogP contribution in [0, 0.1) is 0 Å². The van der Waals surface area contributed by atoms with E-state index in [-0.39, 0.29) is 23.4 Å². The van der Waals surface area contributed by atoms with Crippen LogP contribution in [0.15, 0.2) is 59.5 Å².